The van der Waals surface area contributed by atoms with Crippen LogP contribution < -0.4 is 4.74 Å². The SMILES string of the molecule is CCN1CCN(CCOc2ccccc2CN2CC(C(=O)O)C3(CCOCC3)C2)CC1. The second kappa shape index (κ2) is 10.3. The third-order valence-electron chi connectivity index (χ3n) is 7.45. The van der Waals surface area contributed by atoms with E-state index in [-0.39, 0.29) is 11.3 Å². The smallest absolute Gasteiger partial charge is 0.308 e. The van der Waals surface area contributed by atoms with Crippen molar-refractivity contribution in [2.45, 2.75) is 26.3 Å². The molecule has 1 atom stereocenters. The Morgan fingerprint density at radius 2 is 1.84 bits per heavy atom. The molecule has 3 fully saturated rings. The van der Waals surface area contributed by atoms with Crippen LogP contribution in [0.4, 0.5) is 0 Å². The molecule has 0 amide bonds. The number of carboxylic acids is 1. The van der Waals surface area contributed by atoms with Crippen molar-refractivity contribution < 1.29 is 19.4 Å². The molecule has 3 aliphatic heterocycles. The Balaban J connectivity index is 1.33. The van der Waals surface area contributed by atoms with Gasteiger partial charge in [-0.3, -0.25) is 14.6 Å². The number of nitrogens with zero attached hydrogens (tertiary/aromatic N) is 3. The van der Waals surface area contributed by atoms with Crippen LogP contribution in [0.25, 0.3) is 0 Å². The molecule has 1 N–H and O–H groups in total. The molecule has 3 saturated heterocycles. The average molecular weight is 432 g/mol. The maximum atomic E-state index is 12.0. The molecule has 1 spiro atoms. The van der Waals surface area contributed by atoms with E-state index in [0.29, 0.717) is 26.4 Å². The molecular formula is C24H37N3O4. The molecule has 0 aliphatic carbocycles. The molecule has 1 unspecified atom stereocenters. The number of hydrogen-bond donors (Lipinski definition) is 1. The van der Waals surface area contributed by atoms with E-state index in [4.69, 9.17) is 9.47 Å². The largest absolute Gasteiger partial charge is 0.492 e. The molecule has 0 bridgehead atoms. The average Bonchev–Trinajstić information content (AvgIpc) is 3.13. The Morgan fingerprint density at radius 3 is 2.55 bits per heavy atom. The van der Waals surface area contributed by atoms with Crippen molar-refractivity contribution in [2.75, 3.05) is 72.2 Å². The van der Waals surface area contributed by atoms with Gasteiger partial charge in [0.1, 0.15) is 12.4 Å². The summed E-state index contributed by atoms with van der Waals surface area (Å²) in [5.41, 5.74) is 0.993. The number of rotatable bonds is 8. The van der Waals surface area contributed by atoms with E-state index >= 15 is 0 Å². The molecule has 1 aromatic carbocycles. The summed E-state index contributed by atoms with van der Waals surface area (Å²) in [6.07, 6.45) is 1.67. The third-order valence-corrected chi connectivity index (χ3v) is 7.45. The monoisotopic (exact) mass is 431 g/mol. The Morgan fingerprint density at radius 1 is 1.13 bits per heavy atom. The Hall–Kier alpha value is -1.67. The van der Waals surface area contributed by atoms with Crippen LogP contribution in [0.1, 0.15) is 25.3 Å². The molecule has 1 aromatic rings. The van der Waals surface area contributed by atoms with Crippen molar-refractivity contribution in [3.8, 4) is 5.75 Å². The standard InChI is InChI=1S/C24H37N3O4/c1-2-25-9-11-26(12-10-25)13-16-31-22-6-4-3-5-20(22)17-27-18-21(23(28)29)24(19-27)7-14-30-15-8-24/h3-6,21H,2,7-19H2,1H3,(H,28,29). The van der Waals surface area contributed by atoms with Gasteiger partial charge >= 0.3 is 5.97 Å². The van der Waals surface area contributed by atoms with Crippen LogP contribution in [-0.2, 0) is 16.1 Å². The number of carbonyl (C=O) groups is 1. The zero-order valence-corrected chi connectivity index (χ0v) is 18.8. The molecule has 3 aliphatic rings. The second-order valence-electron chi connectivity index (χ2n) is 9.27. The quantitative estimate of drug-likeness (QED) is 0.676. The summed E-state index contributed by atoms with van der Waals surface area (Å²) in [5.74, 6) is -0.0575. The summed E-state index contributed by atoms with van der Waals surface area (Å²) < 4.78 is 11.7. The van der Waals surface area contributed by atoms with Crippen LogP contribution >= 0.6 is 0 Å². The van der Waals surface area contributed by atoms with Crippen LogP contribution in [0.5, 0.6) is 5.75 Å². The highest BCUT2D eigenvalue weighted by atomic mass is 16.5. The van der Waals surface area contributed by atoms with Crippen molar-refractivity contribution in [3.05, 3.63) is 29.8 Å². The first-order chi connectivity index (χ1) is 15.1. The van der Waals surface area contributed by atoms with Gasteiger partial charge in [0.15, 0.2) is 0 Å². The number of carboxylic acid groups (broad SMARTS) is 1. The maximum Gasteiger partial charge on any atom is 0.308 e. The zero-order valence-electron chi connectivity index (χ0n) is 18.8. The second-order valence-corrected chi connectivity index (χ2v) is 9.27. The lowest BCUT2D eigenvalue weighted by atomic mass is 9.72. The summed E-state index contributed by atoms with van der Waals surface area (Å²) in [4.78, 5) is 19.2. The number of para-hydroxylation sites is 1. The summed E-state index contributed by atoms with van der Waals surface area (Å²) in [5, 5.41) is 9.84. The fraction of sp³-hybridized carbons (Fsp3) is 0.708. The summed E-state index contributed by atoms with van der Waals surface area (Å²) >= 11 is 0. The Kier molecular flexibility index (Phi) is 7.48. The van der Waals surface area contributed by atoms with E-state index in [1.54, 1.807) is 0 Å². The van der Waals surface area contributed by atoms with Gasteiger partial charge < -0.3 is 19.5 Å². The predicted molar refractivity (Wildman–Crippen MR) is 119 cm³/mol. The fourth-order valence-electron chi connectivity index (χ4n) is 5.45. The number of hydrogen-bond acceptors (Lipinski definition) is 6. The van der Waals surface area contributed by atoms with Crippen molar-refractivity contribution in [1.82, 2.24) is 14.7 Å². The van der Waals surface area contributed by atoms with Crippen molar-refractivity contribution in [3.63, 3.8) is 0 Å². The van der Waals surface area contributed by atoms with Gasteiger partial charge in [0.05, 0.1) is 5.92 Å². The maximum absolute atomic E-state index is 12.0. The highest BCUT2D eigenvalue weighted by Crippen LogP contribution is 2.45. The summed E-state index contributed by atoms with van der Waals surface area (Å²) in [6, 6.07) is 8.21. The lowest BCUT2D eigenvalue weighted by Gasteiger charge is -2.36. The van der Waals surface area contributed by atoms with E-state index < -0.39 is 5.97 Å². The Bertz CT molecular complexity index is 729. The molecule has 0 saturated carbocycles. The van der Waals surface area contributed by atoms with Gasteiger partial charge in [0, 0.05) is 76.6 Å². The first kappa shape index (κ1) is 22.5. The van der Waals surface area contributed by atoms with E-state index in [0.717, 1.165) is 76.5 Å². The molecule has 7 heteroatoms. The van der Waals surface area contributed by atoms with Crippen LogP contribution in [0.2, 0.25) is 0 Å². The van der Waals surface area contributed by atoms with Gasteiger partial charge in [-0.25, -0.2) is 0 Å². The topological polar surface area (TPSA) is 65.5 Å². The lowest BCUT2D eigenvalue weighted by molar-refractivity contribution is -0.147. The third kappa shape index (κ3) is 5.40. The van der Waals surface area contributed by atoms with Gasteiger partial charge in [-0.05, 0) is 25.5 Å². The van der Waals surface area contributed by atoms with Gasteiger partial charge in [0.25, 0.3) is 0 Å². The number of benzene rings is 1. The first-order valence-corrected chi connectivity index (χ1v) is 11.8. The minimum absolute atomic E-state index is 0.152. The van der Waals surface area contributed by atoms with Gasteiger partial charge in [0.2, 0.25) is 0 Å². The van der Waals surface area contributed by atoms with Crippen LogP contribution in [-0.4, -0.2) is 98.0 Å². The summed E-state index contributed by atoms with van der Waals surface area (Å²) in [7, 11) is 0. The molecular weight excluding hydrogens is 394 g/mol. The van der Waals surface area contributed by atoms with E-state index in [2.05, 4.69) is 27.7 Å². The molecule has 172 valence electrons. The number of aliphatic carboxylic acids is 1. The number of likely N-dealkylation sites (tertiary alicyclic amines) is 1. The van der Waals surface area contributed by atoms with E-state index in [1.165, 1.54) is 0 Å². The Labute approximate surface area is 185 Å². The minimum atomic E-state index is -0.669. The van der Waals surface area contributed by atoms with Crippen molar-refractivity contribution >= 4 is 5.97 Å². The van der Waals surface area contributed by atoms with Crippen molar-refractivity contribution in [2.24, 2.45) is 11.3 Å². The number of piperazine rings is 1. The highest BCUT2D eigenvalue weighted by Gasteiger charge is 2.50. The number of ether oxygens (including phenoxy) is 2. The molecule has 4 rings (SSSR count). The van der Waals surface area contributed by atoms with Gasteiger partial charge in [-0.1, -0.05) is 25.1 Å². The van der Waals surface area contributed by atoms with Gasteiger partial charge in [-0.15, -0.1) is 0 Å². The van der Waals surface area contributed by atoms with E-state index in [1.807, 2.05) is 18.2 Å². The summed E-state index contributed by atoms with van der Waals surface area (Å²) in [6.45, 7) is 13.0. The highest BCUT2D eigenvalue weighted by molar-refractivity contribution is 5.72. The fourth-order valence-corrected chi connectivity index (χ4v) is 5.45. The number of likely N-dealkylation sites (N-methyl/N-ethyl adjacent to an activating group) is 1. The molecule has 7 nitrogen and oxygen atoms in total. The van der Waals surface area contributed by atoms with Gasteiger partial charge in [-0.2, -0.15) is 0 Å². The first-order valence-electron chi connectivity index (χ1n) is 11.8. The lowest BCUT2D eigenvalue weighted by Crippen LogP contribution is -2.47. The van der Waals surface area contributed by atoms with Crippen LogP contribution in [0, 0.1) is 11.3 Å². The molecule has 3 heterocycles. The van der Waals surface area contributed by atoms with Crippen molar-refractivity contribution in [1.29, 1.82) is 0 Å². The normalized spacial score (nSPS) is 25.1. The van der Waals surface area contributed by atoms with E-state index in [9.17, 15) is 9.90 Å². The minimum Gasteiger partial charge on any atom is -0.492 e. The predicted octanol–water partition coefficient (Wildman–Crippen LogP) is 2.02. The molecule has 31 heavy (non-hydrogen) atoms. The van der Waals surface area contributed by atoms with Crippen LogP contribution in [0.3, 0.4) is 0 Å². The molecule has 0 aromatic heterocycles. The molecule has 0 radical (unpaired) electrons. The van der Waals surface area contributed by atoms with Crippen LogP contribution in [0.15, 0.2) is 24.3 Å². The zero-order chi connectivity index (χ0) is 21.7.